The molecule has 4 amide bonds. The summed E-state index contributed by atoms with van der Waals surface area (Å²) in [7, 11) is -7.44. The van der Waals surface area contributed by atoms with Crippen molar-refractivity contribution in [1.82, 2.24) is 36.1 Å². The summed E-state index contributed by atoms with van der Waals surface area (Å²) in [5.74, 6) is 6.00. The lowest BCUT2D eigenvalue weighted by molar-refractivity contribution is -0.145. The third-order valence-electron chi connectivity index (χ3n) is 12.1. The maximum Gasteiger partial charge on any atom is 0.344 e. The van der Waals surface area contributed by atoms with Crippen molar-refractivity contribution in [1.29, 1.82) is 0 Å². The first-order valence-electron chi connectivity index (χ1n) is 27.1. The molecule has 0 saturated carbocycles. The Morgan fingerprint density at radius 1 is 0.696 bits per heavy atom. The third-order valence-corrected chi connectivity index (χ3v) is 17.7. The first-order chi connectivity index (χ1) is 38.1. The number of amides is 4. The Labute approximate surface area is 468 Å². The number of esters is 2. The average molecular weight is 1160 g/mol. The van der Waals surface area contributed by atoms with E-state index in [9.17, 15) is 33.1 Å². The SMILES string of the molecule is CCOC(=O)CN(Cc1cc(C#Cc2ccc(C(=O)NCCOCCOCCNC(=O)CCCC[C@H]3SC[C@H]4NC(=O)N[C@H]43)c3ccccc23)cc(CN(CC(=O)OCC)CP(=O)(OCC)OCC)n1)CP(=O)(OCC)OCC. The molecule has 22 nitrogen and oxygen atoms in total. The molecular weight excluding hydrogens is 1080 g/mol. The van der Waals surface area contributed by atoms with E-state index in [1.54, 1.807) is 75.6 Å². The van der Waals surface area contributed by atoms with Crippen LogP contribution < -0.4 is 21.3 Å². The largest absolute Gasteiger partial charge is 0.465 e. The molecule has 3 aromatic rings. The van der Waals surface area contributed by atoms with Gasteiger partial charge in [0.1, 0.15) is 12.6 Å². The highest BCUT2D eigenvalue weighted by Crippen LogP contribution is 2.49. The molecule has 2 aliphatic rings. The summed E-state index contributed by atoms with van der Waals surface area (Å²) in [4.78, 5) is 71.4. The number of benzene rings is 2. The van der Waals surface area contributed by atoms with E-state index in [4.69, 9.17) is 42.0 Å². The van der Waals surface area contributed by atoms with Crippen molar-refractivity contribution in [2.24, 2.45) is 0 Å². The molecule has 0 unspecified atom stereocenters. The number of rotatable bonds is 37. The number of aromatic nitrogens is 1. The third kappa shape index (κ3) is 22.1. The molecule has 2 fully saturated rings. The monoisotopic (exact) mass is 1160 g/mol. The molecule has 2 saturated heterocycles. The lowest BCUT2D eigenvalue weighted by Gasteiger charge is -2.27. The zero-order chi connectivity index (χ0) is 57.0. The van der Waals surface area contributed by atoms with E-state index in [0.717, 1.165) is 30.4 Å². The van der Waals surface area contributed by atoms with Crippen LogP contribution in [0.2, 0.25) is 0 Å². The van der Waals surface area contributed by atoms with Crippen LogP contribution in [0.3, 0.4) is 0 Å². The Morgan fingerprint density at radius 2 is 1.25 bits per heavy atom. The summed E-state index contributed by atoms with van der Waals surface area (Å²) >= 11 is 1.87. The molecule has 2 aromatic carbocycles. The summed E-state index contributed by atoms with van der Waals surface area (Å²) in [5.41, 5.74) is 2.37. The van der Waals surface area contributed by atoms with E-state index in [-0.39, 0.29) is 121 Å². The minimum Gasteiger partial charge on any atom is -0.465 e. The molecule has 0 aliphatic carbocycles. The van der Waals surface area contributed by atoms with Gasteiger partial charge in [-0.2, -0.15) is 11.8 Å². The van der Waals surface area contributed by atoms with E-state index < -0.39 is 27.1 Å². The molecule has 0 bridgehead atoms. The zero-order valence-electron chi connectivity index (χ0n) is 46.4. The van der Waals surface area contributed by atoms with Gasteiger partial charge in [0.25, 0.3) is 5.91 Å². The number of pyridine rings is 1. The molecule has 3 heterocycles. The fourth-order valence-electron chi connectivity index (χ4n) is 8.97. The van der Waals surface area contributed by atoms with Gasteiger partial charge in [0.2, 0.25) is 5.91 Å². The Morgan fingerprint density at radius 3 is 1.81 bits per heavy atom. The molecule has 2 aliphatic heterocycles. The van der Waals surface area contributed by atoms with Crippen molar-refractivity contribution < 1.29 is 70.1 Å². The fraction of sp³-hybridized carbons (Fsp3) is 0.593. The number of nitrogens with one attached hydrogen (secondary N) is 4. The number of thioether (sulfide) groups is 1. The number of nitrogens with zero attached hydrogens (tertiary/aromatic N) is 3. The molecule has 0 radical (unpaired) electrons. The van der Waals surface area contributed by atoms with Crippen molar-refractivity contribution in [2.75, 3.05) is 111 Å². The number of carbonyl (C=O) groups is 5. The Balaban J connectivity index is 1.23. The van der Waals surface area contributed by atoms with E-state index in [1.165, 1.54) is 0 Å². The minimum absolute atomic E-state index is 0.0176. The Kier molecular flexibility index (Phi) is 28.2. The molecule has 436 valence electrons. The van der Waals surface area contributed by atoms with E-state index in [1.807, 2.05) is 36.0 Å². The van der Waals surface area contributed by atoms with Crippen LogP contribution in [0, 0.1) is 11.8 Å². The van der Waals surface area contributed by atoms with Crippen LogP contribution in [-0.2, 0) is 73.6 Å². The summed E-state index contributed by atoms with van der Waals surface area (Å²) in [5, 5.41) is 13.6. The highest BCUT2D eigenvalue weighted by Gasteiger charge is 2.42. The lowest BCUT2D eigenvalue weighted by Crippen LogP contribution is -2.36. The number of fused-ring (bicyclic) bond motifs is 2. The number of hydrogen-bond acceptors (Lipinski definition) is 19. The second-order valence-corrected chi connectivity index (χ2v) is 23.6. The van der Waals surface area contributed by atoms with E-state index in [0.29, 0.717) is 71.5 Å². The number of ether oxygens (including phenoxy) is 4. The van der Waals surface area contributed by atoms with Crippen LogP contribution in [0.1, 0.15) is 100 Å². The molecule has 4 N–H and O–H groups in total. The van der Waals surface area contributed by atoms with Crippen molar-refractivity contribution in [3.8, 4) is 11.8 Å². The number of urea groups is 1. The number of hydrogen-bond donors (Lipinski definition) is 4. The van der Waals surface area contributed by atoms with Gasteiger partial charge in [-0.3, -0.25) is 43.1 Å². The summed E-state index contributed by atoms with van der Waals surface area (Å²) < 4.78 is 71.9. The summed E-state index contributed by atoms with van der Waals surface area (Å²) in [6.07, 6.45) is 2.59. The van der Waals surface area contributed by atoms with Gasteiger partial charge in [-0.25, -0.2) is 4.79 Å². The standard InChI is InChI=1S/C54H79N7O15P2S/c1-7-71-50(63)35-60(38-77(67,73-9-3)74-10-4)33-42-31-40(32-43(57-42)34-61(36-51(64)72-8-2)39-78(68,75-11-5)76-12-6)21-22-41-23-24-46(45-18-14-13-17-44(41)45)53(65)56-26-28-70-30-29-69-27-25-55-49(62)20-16-15-19-48-52-47(37-79-48)58-54(66)59-52/h13-14,17-18,23-24,31-32,47-48,52H,7-12,15-16,19-20,25-30,33-39H2,1-6H3,(H,55,62)(H,56,65)(H2,58,59,66)/t47-,48-,52-/m1/s1. The van der Waals surface area contributed by atoms with Gasteiger partial charge in [-0.15, -0.1) is 0 Å². The summed E-state index contributed by atoms with van der Waals surface area (Å²) in [6, 6.07) is 14.6. The van der Waals surface area contributed by atoms with Crippen molar-refractivity contribution in [2.45, 2.75) is 97.6 Å². The van der Waals surface area contributed by atoms with Crippen molar-refractivity contribution in [3.05, 3.63) is 76.6 Å². The van der Waals surface area contributed by atoms with E-state index >= 15 is 0 Å². The molecule has 79 heavy (non-hydrogen) atoms. The van der Waals surface area contributed by atoms with Gasteiger partial charge >= 0.3 is 33.2 Å². The number of unbranched alkanes of at least 4 members (excludes halogenated alkanes) is 1. The first-order valence-corrected chi connectivity index (χ1v) is 31.6. The van der Waals surface area contributed by atoms with Gasteiger partial charge in [-0.1, -0.05) is 42.5 Å². The molecular formula is C54H79N7O15P2S. The number of carbonyl (C=O) groups excluding carboxylic acids is 5. The Bertz CT molecular complexity index is 2540. The van der Waals surface area contributed by atoms with Crippen LogP contribution in [0.5, 0.6) is 0 Å². The second-order valence-electron chi connectivity index (χ2n) is 18.3. The molecule has 5 rings (SSSR count). The van der Waals surface area contributed by atoms with Gasteiger partial charge in [0.05, 0.1) is 103 Å². The quantitative estimate of drug-likeness (QED) is 0.0160. The zero-order valence-corrected chi connectivity index (χ0v) is 49.0. The van der Waals surface area contributed by atoms with Crippen LogP contribution in [-0.4, -0.2) is 172 Å². The highest BCUT2D eigenvalue weighted by atomic mass is 32.2. The maximum absolute atomic E-state index is 13.8. The van der Waals surface area contributed by atoms with Gasteiger partial charge in [0.15, 0.2) is 0 Å². The van der Waals surface area contributed by atoms with Gasteiger partial charge in [-0.05, 0) is 89.4 Å². The van der Waals surface area contributed by atoms with Crippen LogP contribution in [0.15, 0.2) is 48.5 Å². The summed E-state index contributed by atoms with van der Waals surface area (Å²) in [6.45, 7) is 12.1. The van der Waals surface area contributed by atoms with Crippen LogP contribution >= 0.6 is 27.0 Å². The smallest absolute Gasteiger partial charge is 0.344 e. The van der Waals surface area contributed by atoms with Gasteiger partial charge in [0, 0.05) is 60.3 Å². The lowest BCUT2D eigenvalue weighted by atomic mass is 9.99. The van der Waals surface area contributed by atoms with Crippen LogP contribution in [0.25, 0.3) is 10.8 Å². The molecule has 0 spiro atoms. The Hall–Kier alpha value is -4.95. The molecule has 25 heteroatoms. The molecule has 3 atom stereocenters. The maximum atomic E-state index is 13.8. The van der Waals surface area contributed by atoms with E-state index in [2.05, 4.69) is 33.1 Å². The highest BCUT2D eigenvalue weighted by molar-refractivity contribution is 8.00. The normalized spacial score (nSPS) is 16.1. The van der Waals surface area contributed by atoms with Crippen molar-refractivity contribution in [3.63, 3.8) is 0 Å². The second kappa shape index (κ2) is 34.4. The van der Waals surface area contributed by atoms with Crippen molar-refractivity contribution >= 4 is 67.5 Å². The van der Waals surface area contributed by atoms with Gasteiger partial charge < -0.3 is 58.3 Å². The fourth-order valence-corrected chi connectivity index (χ4v) is 13.9. The first kappa shape index (κ1) is 64.9. The average Bonchev–Trinajstić information content (AvgIpc) is 3.96. The molecule has 1 aromatic heterocycles. The predicted octanol–water partition coefficient (Wildman–Crippen LogP) is 6.42. The topological polar surface area (TPSA) is 261 Å². The van der Waals surface area contributed by atoms with Crippen LogP contribution in [0.4, 0.5) is 4.79 Å². The predicted molar refractivity (Wildman–Crippen MR) is 301 cm³/mol. The minimum atomic E-state index is -3.72.